The van der Waals surface area contributed by atoms with E-state index in [1.807, 2.05) is 34.5 Å². The van der Waals surface area contributed by atoms with Gasteiger partial charge in [-0.3, -0.25) is 0 Å². The zero-order valence-electron chi connectivity index (χ0n) is 13.9. The fourth-order valence-corrected chi connectivity index (χ4v) is 3.74. The summed E-state index contributed by atoms with van der Waals surface area (Å²) in [5.41, 5.74) is 1.77. The van der Waals surface area contributed by atoms with Crippen LogP contribution in [0.25, 0.3) is 10.6 Å². The zero-order chi connectivity index (χ0) is 17.0. The van der Waals surface area contributed by atoms with Crippen molar-refractivity contribution in [1.29, 1.82) is 0 Å². The second-order valence-corrected chi connectivity index (χ2v) is 7.24. The summed E-state index contributed by atoms with van der Waals surface area (Å²) in [6.07, 6.45) is 4.44. The first kappa shape index (κ1) is 16.9. The number of thiazole rings is 1. The van der Waals surface area contributed by atoms with Crippen LogP contribution in [0.4, 0.5) is 10.5 Å². The molecule has 1 aliphatic heterocycles. The van der Waals surface area contributed by atoms with Gasteiger partial charge in [-0.05, 0) is 36.8 Å². The standard InChI is InChI=1S/C18H23N3O2S/c1-2-18(13-22)6-9-21(10-7-18)17(23)20-15-5-3-4-14(12-15)16-19-8-11-24-16/h3-5,8,11-12,22H,2,6-7,9-10,13H2,1H3,(H,20,23). The molecule has 0 aliphatic carbocycles. The highest BCUT2D eigenvalue weighted by Crippen LogP contribution is 2.34. The molecule has 1 fully saturated rings. The summed E-state index contributed by atoms with van der Waals surface area (Å²) in [7, 11) is 0. The van der Waals surface area contributed by atoms with Crippen LogP contribution in [0, 0.1) is 5.41 Å². The summed E-state index contributed by atoms with van der Waals surface area (Å²) < 4.78 is 0. The van der Waals surface area contributed by atoms with Gasteiger partial charge in [0.2, 0.25) is 0 Å². The molecule has 3 rings (SSSR count). The molecule has 0 spiro atoms. The predicted octanol–water partition coefficient (Wildman–Crippen LogP) is 3.83. The van der Waals surface area contributed by atoms with Gasteiger partial charge in [-0.15, -0.1) is 11.3 Å². The second-order valence-electron chi connectivity index (χ2n) is 6.35. The molecule has 2 aromatic rings. The van der Waals surface area contributed by atoms with Crippen LogP contribution in [0.15, 0.2) is 35.8 Å². The fourth-order valence-electron chi connectivity index (χ4n) is 3.11. The van der Waals surface area contributed by atoms with Crippen LogP contribution in [0.3, 0.4) is 0 Å². The number of carbonyl (C=O) groups excluding carboxylic acids is 1. The van der Waals surface area contributed by atoms with Crippen LogP contribution in [0.5, 0.6) is 0 Å². The number of aromatic nitrogens is 1. The molecule has 1 aromatic carbocycles. The number of nitrogens with zero attached hydrogens (tertiary/aromatic N) is 2. The molecule has 0 bridgehead atoms. The topological polar surface area (TPSA) is 65.5 Å². The normalized spacial score (nSPS) is 16.8. The zero-order valence-corrected chi connectivity index (χ0v) is 14.7. The molecule has 128 valence electrons. The number of benzene rings is 1. The van der Waals surface area contributed by atoms with Crippen molar-refractivity contribution in [1.82, 2.24) is 9.88 Å². The van der Waals surface area contributed by atoms with E-state index in [2.05, 4.69) is 17.2 Å². The highest BCUT2D eigenvalue weighted by atomic mass is 32.1. The first-order chi connectivity index (χ1) is 11.7. The Morgan fingerprint density at radius 1 is 1.42 bits per heavy atom. The second kappa shape index (κ2) is 7.32. The van der Waals surface area contributed by atoms with E-state index in [-0.39, 0.29) is 18.1 Å². The number of piperidine rings is 1. The molecule has 2 N–H and O–H groups in total. The molecular formula is C18H23N3O2S. The highest BCUT2D eigenvalue weighted by molar-refractivity contribution is 7.13. The smallest absolute Gasteiger partial charge is 0.321 e. The van der Waals surface area contributed by atoms with E-state index < -0.39 is 0 Å². The Kier molecular flexibility index (Phi) is 5.16. The van der Waals surface area contributed by atoms with E-state index in [1.54, 1.807) is 17.5 Å². The van der Waals surface area contributed by atoms with Crippen molar-refractivity contribution in [2.75, 3.05) is 25.0 Å². The predicted molar refractivity (Wildman–Crippen MR) is 97.2 cm³/mol. The van der Waals surface area contributed by atoms with Gasteiger partial charge in [0.25, 0.3) is 0 Å². The van der Waals surface area contributed by atoms with Crippen molar-refractivity contribution in [3.8, 4) is 10.6 Å². The van der Waals surface area contributed by atoms with E-state index in [9.17, 15) is 9.90 Å². The van der Waals surface area contributed by atoms with Gasteiger partial charge in [0.1, 0.15) is 5.01 Å². The number of amides is 2. The maximum absolute atomic E-state index is 12.5. The number of hydrogen-bond acceptors (Lipinski definition) is 4. The number of carbonyl (C=O) groups is 1. The SMILES string of the molecule is CCC1(CO)CCN(C(=O)Nc2cccc(-c3nccs3)c2)CC1. The monoisotopic (exact) mass is 345 g/mol. The Bertz CT molecular complexity index is 673. The van der Waals surface area contributed by atoms with Crippen molar-refractivity contribution in [3.05, 3.63) is 35.8 Å². The Morgan fingerprint density at radius 2 is 2.21 bits per heavy atom. The van der Waals surface area contributed by atoms with E-state index in [0.717, 1.165) is 35.5 Å². The molecule has 0 radical (unpaired) electrons. The van der Waals surface area contributed by atoms with Gasteiger partial charge in [-0.2, -0.15) is 0 Å². The average Bonchev–Trinajstić information content (AvgIpc) is 3.17. The van der Waals surface area contributed by atoms with Crippen molar-refractivity contribution in [2.24, 2.45) is 5.41 Å². The summed E-state index contributed by atoms with van der Waals surface area (Å²) >= 11 is 1.58. The summed E-state index contributed by atoms with van der Waals surface area (Å²) in [5, 5.41) is 15.5. The van der Waals surface area contributed by atoms with E-state index in [1.165, 1.54) is 0 Å². The summed E-state index contributed by atoms with van der Waals surface area (Å²) in [6, 6.07) is 7.69. The van der Waals surface area contributed by atoms with Crippen molar-refractivity contribution in [3.63, 3.8) is 0 Å². The van der Waals surface area contributed by atoms with Crippen LogP contribution < -0.4 is 5.32 Å². The van der Waals surface area contributed by atoms with Crippen LogP contribution in [-0.2, 0) is 0 Å². The number of aliphatic hydroxyl groups is 1. The minimum atomic E-state index is -0.0751. The third kappa shape index (κ3) is 3.60. The molecular weight excluding hydrogens is 322 g/mol. The minimum Gasteiger partial charge on any atom is -0.396 e. The lowest BCUT2D eigenvalue weighted by Gasteiger charge is -2.40. The Labute approximate surface area is 146 Å². The maximum Gasteiger partial charge on any atom is 0.321 e. The van der Waals surface area contributed by atoms with Crippen LogP contribution >= 0.6 is 11.3 Å². The maximum atomic E-state index is 12.5. The summed E-state index contributed by atoms with van der Waals surface area (Å²) in [6.45, 7) is 3.68. The van der Waals surface area contributed by atoms with Crippen LogP contribution in [0.2, 0.25) is 0 Å². The highest BCUT2D eigenvalue weighted by Gasteiger charge is 2.33. The molecule has 1 aliphatic rings. The molecule has 0 saturated carbocycles. The Balaban J connectivity index is 1.63. The molecule has 2 amide bonds. The number of aliphatic hydroxyl groups excluding tert-OH is 1. The number of anilines is 1. The molecule has 2 heterocycles. The fraction of sp³-hybridized carbons (Fsp3) is 0.444. The molecule has 0 atom stereocenters. The minimum absolute atomic E-state index is 0.0124. The molecule has 6 heteroatoms. The number of hydrogen-bond donors (Lipinski definition) is 2. The molecule has 5 nitrogen and oxygen atoms in total. The Morgan fingerprint density at radius 3 is 2.83 bits per heavy atom. The lowest BCUT2D eigenvalue weighted by atomic mass is 9.77. The first-order valence-corrected chi connectivity index (χ1v) is 9.20. The molecule has 1 aromatic heterocycles. The molecule has 1 saturated heterocycles. The number of nitrogens with one attached hydrogen (secondary N) is 1. The summed E-state index contributed by atoms with van der Waals surface area (Å²) in [5.74, 6) is 0. The average molecular weight is 345 g/mol. The Hall–Kier alpha value is -1.92. The van der Waals surface area contributed by atoms with Gasteiger partial charge in [0.05, 0.1) is 0 Å². The summed E-state index contributed by atoms with van der Waals surface area (Å²) in [4.78, 5) is 18.6. The third-order valence-corrected chi connectivity index (χ3v) is 5.81. The van der Waals surface area contributed by atoms with Crippen molar-refractivity contribution in [2.45, 2.75) is 26.2 Å². The van der Waals surface area contributed by atoms with Gasteiger partial charge >= 0.3 is 6.03 Å². The van der Waals surface area contributed by atoms with Gasteiger partial charge in [-0.1, -0.05) is 19.1 Å². The van der Waals surface area contributed by atoms with Gasteiger partial charge in [-0.25, -0.2) is 9.78 Å². The van der Waals surface area contributed by atoms with Gasteiger partial charge in [0, 0.05) is 42.5 Å². The number of rotatable bonds is 4. The molecule has 0 unspecified atom stereocenters. The molecule has 24 heavy (non-hydrogen) atoms. The quantitative estimate of drug-likeness (QED) is 0.885. The van der Waals surface area contributed by atoms with Crippen LogP contribution in [-0.4, -0.2) is 40.7 Å². The number of likely N-dealkylation sites (tertiary alicyclic amines) is 1. The lowest BCUT2D eigenvalue weighted by Crippen LogP contribution is -2.46. The first-order valence-electron chi connectivity index (χ1n) is 8.32. The van der Waals surface area contributed by atoms with Crippen LogP contribution in [0.1, 0.15) is 26.2 Å². The van der Waals surface area contributed by atoms with E-state index >= 15 is 0 Å². The van der Waals surface area contributed by atoms with Gasteiger partial charge < -0.3 is 15.3 Å². The lowest BCUT2D eigenvalue weighted by molar-refractivity contribution is 0.0542. The van der Waals surface area contributed by atoms with E-state index in [0.29, 0.717) is 13.1 Å². The van der Waals surface area contributed by atoms with Crippen molar-refractivity contribution >= 4 is 23.1 Å². The van der Waals surface area contributed by atoms with Gasteiger partial charge in [0.15, 0.2) is 0 Å². The third-order valence-electron chi connectivity index (χ3n) is 4.99. The van der Waals surface area contributed by atoms with E-state index in [4.69, 9.17) is 0 Å². The number of urea groups is 1. The largest absolute Gasteiger partial charge is 0.396 e. The van der Waals surface area contributed by atoms with Crippen molar-refractivity contribution < 1.29 is 9.90 Å².